The highest BCUT2D eigenvalue weighted by Crippen LogP contribution is 2.52. The summed E-state index contributed by atoms with van der Waals surface area (Å²) < 4.78 is 0. The van der Waals surface area contributed by atoms with Crippen molar-refractivity contribution in [2.75, 3.05) is 6.54 Å². The van der Waals surface area contributed by atoms with Crippen molar-refractivity contribution in [3.05, 3.63) is 0 Å². The molecule has 2 fully saturated rings. The predicted molar refractivity (Wildman–Crippen MR) is 107 cm³/mol. The zero-order chi connectivity index (χ0) is 19.5. The molecule has 0 aromatic heterocycles. The fourth-order valence-corrected chi connectivity index (χ4v) is 5.37. The van der Waals surface area contributed by atoms with E-state index in [4.69, 9.17) is 0 Å². The van der Waals surface area contributed by atoms with Gasteiger partial charge >= 0.3 is 0 Å². The van der Waals surface area contributed by atoms with E-state index in [1.54, 1.807) is 0 Å². The fraction of sp³-hybridized carbons (Fsp3) is 0.909. The molecule has 0 aromatic rings. The SMILES string of the molecule is CCCCCCC(=O)NC(C(=O)N1CC2(C)CC1CC(C)(C)C2)C(C)C. The van der Waals surface area contributed by atoms with Gasteiger partial charge in [0.2, 0.25) is 11.8 Å². The summed E-state index contributed by atoms with van der Waals surface area (Å²) in [6.45, 7) is 14.1. The molecule has 0 spiro atoms. The summed E-state index contributed by atoms with van der Waals surface area (Å²) in [4.78, 5) is 27.8. The van der Waals surface area contributed by atoms with Crippen LogP contribution in [0.1, 0.15) is 92.9 Å². The number of fused-ring (bicyclic) bond motifs is 2. The van der Waals surface area contributed by atoms with E-state index in [0.717, 1.165) is 32.2 Å². The Morgan fingerprint density at radius 1 is 1.12 bits per heavy atom. The van der Waals surface area contributed by atoms with Gasteiger partial charge in [-0.3, -0.25) is 9.59 Å². The van der Waals surface area contributed by atoms with Gasteiger partial charge in [0.05, 0.1) is 0 Å². The minimum atomic E-state index is -0.389. The van der Waals surface area contributed by atoms with Gasteiger partial charge in [-0.05, 0) is 42.4 Å². The molecule has 4 nitrogen and oxygen atoms in total. The summed E-state index contributed by atoms with van der Waals surface area (Å²) in [6.07, 6.45) is 8.23. The lowest BCUT2D eigenvalue weighted by Crippen LogP contribution is -2.52. The van der Waals surface area contributed by atoms with Gasteiger partial charge in [-0.15, -0.1) is 0 Å². The second-order valence-corrected chi connectivity index (χ2v) is 10.3. The van der Waals surface area contributed by atoms with Crippen molar-refractivity contribution >= 4 is 11.8 Å². The molecule has 1 aliphatic carbocycles. The van der Waals surface area contributed by atoms with Crippen LogP contribution in [-0.2, 0) is 9.59 Å². The molecule has 1 heterocycles. The Bertz CT molecular complexity index is 514. The van der Waals surface area contributed by atoms with E-state index in [1.807, 2.05) is 13.8 Å². The first-order chi connectivity index (χ1) is 12.1. The third kappa shape index (κ3) is 5.23. The van der Waals surface area contributed by atoms with Crippen molar-refractivity contribution in [3.63, 3.8) is 0 Å². The van der Waals surface area contributed by atoms with Gasteiger partial charge in [0.15, 0.2) is 0 Å². The van der Waals surface area contributed by atoms with E-state index in [2.05, 4.69) is 37.9 Å². The third-order valence-electron chi connectivity index (χ3n) is 6.20. The molecule has 0 aromatic carbocycles. The first-order valence-corrected chi connectivity index (χ1v) is 10.7. The predicted octanol–water partition coefficient (Wildman–Crippen LogP) is 4.52. The van der Waals surface area contributed by atoms with Crippen molar-refractivity contribution in [1.82, 2.24) is 10.2 Å². The zero-order valence-electron chi connectivity index (χ0n) is 17.9. The molecule has 4 heteroatoms. The minimum absolute atomic E-state index is 0.0295. The largest absolute Gasteiger partial charge is 0.344 e. The number of likely N-dealkylation sites (tertiary alicyclic amines) is 1. The van der Waals surface area contributed by atoms with Crippen molar-refractivity contribution < 1.29 is 9.59 Å². The molecule has 2 rings (SSSR count). The molecule has 1 saturated carbocycles. The second-order valence-electron chi connectivity index (χ2n) is 10.3. The van der Waals surface area contributed by atoms with E-state index < -0.39 is 0 Å². The molecular formula is C22H40N2O2. The Labute approximate surface area is 160 Å². The van der Waals surface area contributed by atoms with Crippen LogP contribution < -0.4 is 5.32 Å². The molecule has 3 atom stereocenters. The van der Waals surface area contributed by atoms with E-state index in [-0.39, 0.29) is 29.2 Å². The number of carbonyl (C=O) groups excluding carboxylic acids is 2. The minimum Gasteiger partial charge on any atom is -0.344 e. The van der Waals surface area contributed by atoms with E-state index in [1.165, 1.54) is 19.3 Å². The Hall–Kier alpha value is -1.06. The molecular weight excluding hydrogens is 324 g/mol. The smallest absolute Gasteiger partial charge is 0.245 e. The molecule has 0 radical (unpaired) electrons. The van der Waals surface area contributed by atoms with Gasteiger partial charge in [-0.1, -0.05) is 60.8 Å². The maximum Gasteiger partial charge on any atom is 0.245 e. The Morgan fingerprint density at radius 2 is 1.81 bits per heavy atom. The van der Waals surface area contributed by atoms with Gasteiger partial charge in [0.1, 0.15) is 6.04 Å². The van der Waals surface area contributed by atoms with Crippen molar-refractivity contribution in [3.8, 4) is 0 Å². The molecule has 3 unspecified atom stereocenters. The number of nitrogens with zero attached hydrogens (tertiary/aromatic N) is 1. The molecule has 1 aliphatic heterocycles. The van der Waals surface area contributed by atoms with Crippen LogP contribution in [0.4, 0.5) is 0 Å². The highest BCUT2D eigenvalue weighted by atomic mass is 16.2. The van der Waals surface area contributed by atoms with Crippen molar-refractivity contribution in [1.29, 1.82) is 0 Å². The average Bonchev–Trinajstić information content (AvgIpc) is 2.77. The van der Waals surface area contributed by atoms with Gasteiger partial charge in [0, 0.05) is 19.0 Å². The van der Waals surface area contributed by atoms with Crippen LogP contribution in [0, 0.1) is 16.7 Å². The summed E-state index contributed by atoms with van der Waals surface area (Å²) in [7, 11) is 0. The highest BCUT2D eigenvalue weighted by molar-refractivity contribution is 5.88. The lowest BCUT2D eigenvalue weighted by Gasteiger charge is -2.39. The maximum atomic E-state index is 13.3. The molecule has 2 aliphatic rings. The Morgan fingerprint density at radius 3 is 2.42 bits per heavy atom. The molecule has 150 valence electrons. The van der Waals surface area contributed by atoms with Crippen LogP contribution in [0.2, 0.25) is 0 Å². The van der Waals surface area contributed by atoms with Gasteiger partial charge in [-0.2, -0.15) is 0 Å². The molecule has 26 heavy (non-hydrogen) atoms. The summed E-state index contributed by atoms with van der Waals surface area (Å²) in [5, 5.41) is 3.05. The van der Waals surface area contributed by atoms with E-state index in [9.17, 15) is 9.59 Å². The lowest BCUT2D eigenvalue weighted by atomic mass is 9.65. The average molecular weight is 365 g/mol. The van der Waals surface area contributed by atoms with Crippen LogP contribution in [0.25, 0.3) is 0 Å². The Kier molecular flexibility index (Phi) is 6.79. The third-order valence-corrected chi connectivity index (χ3v) is 6.20. The quantitative estimate of drug-likeness (QED) is 0.644. The number of nitrogens with one attached hydrogen (secondary N) is 1. The summed E-state index contributed by atoms with van der Waals surface area (Å²) in [6, 6.07) is -0.0568. The number of hydrogen-bond acceptors (Lipinski definition) is 2. The van der Waals surface area contributed by atoms with Crippen molar-refractivity contribution in [2.24, 2.45) is 16.7 Å². The molecule has 2 amide bonds. The normalized spacial score (nSPS) is 28.3. The first-order valence-electron chi connectivity index (χ1n) is 10.7. The fourth-order valence-electron chi connectivity index (χ4n) is 5.37. The lowest BCUT2D eigenvalue weighted by molar-refractivity contribution is -0.138. The Balaban J connectivity index is 1.99. The first kappa shape index (κ1) is 21.2. The molecule has 1 saturated heterocycles. The standard InChI is InChI=1S/C22H40N2O2/c1-7-8-9-10-11-18(25)23-19(16(2)3)20(26)24-15-22(6)13-17(24)12-21(4,5)14-22/h16-17,19H,7-15H2,1-6H3,(H,23,25). The van der Waals surface area contributed by atoms with Gasteiger partial charge in [0.25, 0.3) is 0 Å². The number of hydrogen-bond donors (Lipinski definition) is 1. The number of amides is 2. The number of carbonyl (C=O) groups is 2. The number of rotatable bonds is 8. The second kappa shape index (κ2) is 8.31. The number of unbranched alkanes of at least 4 members (excludes halogenated alkanes) is 3. The van der Waals surface area contributed by atoms with Gasteiger partial charge in [-0.25, -0.2) is 0 Å². The topological polar surface area (TPSA) is 49.4 Å². The van der Waals surface area contributed by atoms with Crippen LogP contribution in [0.3, 0.4) is 0 Å². The maximum absolute atomic E-state index is 13.3. The van der Waals surface area contributed by atoms with E-state index >= 15 is 0 Å². The van der Waals surface area contributed by atoms with Crippen LogP contribution in [-0.4, -0.2) is 35.3 Å². The van der Waals surface area contributed by atoms with E-state index in [0.29, 0.717) is 17.9 Å². The van der Waals surface area contributed by atoms with Crippen LogP contribution in [0.5, 0.6) is 0 Å². The molecule has 1 N–H and O–H groups in total. The van der Waals surface area contributed by atoms with Crippen LogP contribution >= 0.6 is 0 Å². The monoisotopic (exact) mass is 364 g/mol. The highest BCUT2D eigenvalue weighted by Gasteiger charge is 2.51. The summed E-state index contributed by atoms with van der Waals surface area (Å²) >= 11 is 0. The van der Waals surface area contributed by atoms with Crippen LogP contribution in [0.15, 0.2) is 0 Å². The zero-order valence-corrected chi connectivity index (χ0v) is 17.9. The molecule has 2 bridgehead atoms. The van der Waals surface area contributed by atoms with Crippen molar-refractivity contribution in [2.45, 2.75) is 105 Å². The summed E-state index contributed by atoms with van der Waals surface area (Å²) in [5.41, 5.74) is 0.524. The summed E-state index contributed by atoms with van der Waals surface area (Å²) in [5.74, 6) is 0.276. The van der Waals surface area contributed by atoms with Gasteiger partial charge < -0.3 is 10.2 Å².